The van der Waals surface area contributed by atoms with Crippen LogP contribution in [0.3, 0.4) is 0 Å². The van der Waals surface area contributed by atoms with Crippen LogP contribution in [0, 0.1) is 5.92 Å². The van der Waals surface area contributed by atoms with Crippen LogP contribution in [-0.2, 0) is 4.74 Å². The van der Waals surface area contributed by atoms with Crippen molar-refractivity contribution in [2.75, 3.05) is 7.11 Å². The van der Waals surface area contributed by atoms with Gasteiger partial charge in [0, 0.05) is 7.11 Å². The highest BCUT2D eigenvalue weighted by Gasteiger charge is 2.18. The highest BCUT2D eigenvalue weighted by molar-refractivity contribution is 4.69. The fourth-order valence-corrected chi connectivity index (χ4v) is 1.36. The van der Waals surface area contributed by atoms with E-state index in [1.165, 1.54) is 0 Å². The molecule has 0 aliphatic carbocycles. The van der Waals surface area contributed by atoms with Gasteiger partial charge in [-0.05, 0) is 18.8 Å². The molecule has 2 unspecified atom stereocenters. The number of methoxy groups -OCH3 is 1. The Bertz CT molecular complexity index is 102. The highest BCUT2D eigenvalue weighted by Crippen LogP contribution is 2.14. The average molecular weight is 174 g/mol. The number of hydrogen-bond donors (Lipinski definition) is 1. The molecule has 1 N–H and O–H groups in total. The van der Waals surface area contributed by atoms with E-state index in [4.69, 9.17) is 4.74 Å². The van der Waals surface area contributed by atoms with Crippen molar-refractivity contribution in [3.63, 3.8) is 0 Å². The van der Waals surface area contributed by atoms with E-state index in [0.717, 1.165) is 19.3 Å². The molecule has 0 fully saturated rings. The van der Waals surface area contributed by atoms with E-state index in [1.54, 1.807) is 7.11 Å². The van der Waals surface area contributed by atoms with E-state index in [1.807, 2.05) is 0 Å². The zero-order valence-corrected chi connectivity index (χ0v) is 8.71. The summed E-state index contributed by atoms with van der Waals surface area (Å²) in [5.41, 5.74) is 0. The van der Waals surface area contributed by atoms with Crippen molar-refractivity contribution in [3.8, 4) is 0 Å². The van der Waals surface area contributed by atoms with Gasteiger partial charge in [0.15, 0.2) is 0 Å². The molecule has 0 aromatic rings. The van der Waals surface area contributed by atoms with Crippen LogP contribution in [0.4, 0.5) is 0 Å². The van der Waals surface area contributed by atoms with Crippen LogP contribution in [0.1, 0.15) is 40.0 Å². The zero-order chi connectivity index (χ0) is 9.56. The molecule has 74 valence electrons. The first-order valence-corrected chi connectivity index (χ1v) is 4.82. The Kier molecular flexibility index (Phi) is 6.39. The quantitative estimate of drug-likeness (QED) is 0.669. The minimum Gasteiger partial charge on any atom is -0.390 e. The maximum Gasteiger partial charge on any atom is 0.0832 e. The molecule has 0 heterocycles. The Morgan fingerprint density at radius 3 is 2.25 bits per heavy atom. The standard InChI is InChI=1S/C10H22O2/c1-5-6-9(11)10(12-4)7-8(2)3/h8-11H,5-7H2,1-4H3. The number of aliphatic hydroxyl groups is 1. The summed E-state index contributed by atoms with van der Waals surface area (Å²) in [5, 5.41) is 9.63. The Hall–Kier alpha value is -0.0800. The van der Waals surface area contributed by atoms with Crippen molar-refractivity contribution in [3.05, 3.63) is 0 Å². The second-order valence-corrected chi connectivity index (χ2v) is 3.76. The predicted molar refractivity (Wildman–Crippen MR) is 51.2 cm³/mol. The van der Waals surface area contributed by atoms with Crippen molar-refractivity contribution in [2.45, 2.75) is 52.2 Å². The number of ether oxygens (including phenoxy) is 1. The molecule has 12 heavy (non-hydrogen) atoms. The van der Waals surface area contributed by atoms with Crippen LogP contribution >= 0.6 is 0 Å². The topological polar surface area (TPSA) is 29.5 Å². The first-order valence-electron chi connectivity index (χ1n) is 4.82. The van der Waals surface area contributed by atoms with Crippen molar-refractivity contribution in [1.29, 1.82) is 0 Å². The van der Waals surface area contributed by atoms with Crippen molar-refractivity contribution in [2.24, 2.45) is 5.92 Å². The minimum atomic E-state index is -0.289. The maximum absolute atomic E-state index is 9.63. The van der Waals surface area contributed by atoms with E-state index in [0.29, 0.717) is 5.92 Å². The molecule has 0 radical (unpaired) electrons. The van der Waals surface area contributed by atoms with Crippen LogP contribution in [-0.4, -0.2) is 24.4 Å². The lowest BCUT2D eigenvalue weighted by Crippen LogP contribution is -2.29. The smallest absolute Gasteiger partial charge is 0.0832 e. The van der Waals surface area contributed by atoms with Crippen LogP contribution in [0.5, 0.6) is 0 Å². The average Bonchev–Trinajstić information content (AvgIpc) is 2.00. The summed E-state index contributed by atoms with van der Waals surface area (Å²) in [4.78, 5) is 0. The van der Waals surface area contributed by atoms with E-state index < -0.39 is 0 Å². The molecule has 0 aliphatic rings. The molecule has 0 bridgehead atoms. The monoisotopic (exact) mass is 174 g/mol. The van der Waals surface area contributed by atoms with Gasteiger partial charge in [0.05, 0.1) is 12.2 Å². The third-order valence-corrected chi connectivity index (χ3v) is 2.02. The molecular weight excluding hydrogens is 152 g/mol. The maximum atomic E-state index is 9.63. The van der Waals surface area contributed by atoms with Crippen LogP contribution < -0.4 is 0 Å². The van der Waals surface area contributed by atoms with E-state index in [2.05, 4.69) is 20.8 Å². The number of rotatable bonds is 6. The van der Waals surface area contributed by atoms with Crippen molar-refractivity contribution < 1.29 is 9.84 Å². The lowest BCUT2D eigenvalue weighted by molar-refractivity contribution is -0.0262. The van der Waals surface area contributed by atoms with Gasteiger partial charge in [0.2, 0.25) is 0 Å². The Balaban J connectivity index is 3.78. The zero-order valence-electron chi connectivity index (χ0n) is 8.71. The van der Waals surface area contributed by atoms with Gasteiger partial charge < -0.3 is 9.84 Å². The SMILES string of the molecule is CCCC(O)C(CC(C)C)OC. The van der Waals surface area contributed by atoms with E-state index in [-0.39, 0.29) is 12.2 Å². The molecule has 0 aromatic heterocycles. The molecule has 0 saturated heterocycles. The summed E-state index contributed by atoms with van der Waals surface area (Å²) in [6, 6.07) is 0. The Morgan fingerprint density at radius 1 is 1.33 bits per heavy atom. The fraction of sp³-hybridized carbons (Fsp3) is 1.00. The van der Waals surface area contributed by atoms with Crippen LogP contribution in [0.2, 0.25) is 0 Å². The summed E-state index contributed by atoms with van der Waals surface area (Å²) >= 11 is 0. The number of hydrogen-bond acceptors (Lipinski definition) is 2. The number of aliphatic hydroxyl groups excluding tert-OH is 1. The van der Waals surface area contributed by atoms with E-state index in [9.17, 15) is 5.11 Å². The largest absolute Gasteiger partial charge is 0.390 e. The molecule has 0 aromatic carbocycles. The highest BCUT2D eigenvalue weighted by atomic mass is 16.5. The van der Waals surface area contributed by atoms with Crippen molar-refractivity contribution in [1.82, 2.24) is 0 Å². The van der Waals surface area contributed by atoms with Gasteiger partial charge in [-0.15, -0.1) is 0 Å². The minimum absolute atomic E-state index is 0.0185. The summed E-state index contributed by atoms with van der Waals surface area (Å²) in [7, 11) is 1.67. The molecule has 0 rings (SSSR count). The predicted octanol–water partition coefficient (Wildman–Crippen LogP) is 2.21. The molecule has 2 atom stereocenters. The third kappa shape index (κ3) is 4.73. The summed E-state index contributed by atoms with van der Waals surface area (Å²) in [5.74, 6) is 0.585. The first kappa shape index (κ1) is 11.9. The molecule has 0 spiro atoms. The summed E-state index contributed by atoms with van der Waals surface area (Å²) in [6.45, 7) is 6.36. The van der Waals surface area contributed by atoms with Gasteiger partial charge in [0.1, 0.15) is 0 Å². The van der Waals surface area contributed by atoms with E-state index >= 15 is 0 Å². The molecule has 0 aliphatic heterocycles. The van der Waals surface area contributed by atoms with Gasteiger partial charge in [-0.1, -0.05) is 27.2 Å². The van der Waals surface area contributed by atoms with Gasteiger partial charge >= 0.3 is 0 Å². The van der Waals surface area contributed by atoms with Gasteiger partial charge in [-0.25, -0.2) is 0 Å². The second kappa shape index (κ2) is 6.44. The second-order valence-electron chi connectivity index (χ2n) is 3.76. The lowest BCUT2D eigenvalue weighted by Gasteiger charge is -2.22. The first-order chi connectivity index (χ1) is 5.61. The molecule has 0 amide bonds. The summed E-state index contributed by atoms with van der Waals surface area (Å²) < 4.78 is 5.23. The molecular formula is C10H22O2. The molecule has 2 heteroatoms. The van der Waals surface area contributed by atoms with Crippen LogP contribution in [0.25, 0.3) is 0 Å². The lowest BCUT2D eigenvalue weighted by atomic mass is 9.99. The summed E-state index contributed by atoms with van der Waals surface area (Å²) in [6.07, 6.45) is 2.52. The fourth-order valence-electron chi connectivity index (χ4n) is 1.36. The van der Waals surface area contributed by atoms with Gasteiger partial charge in [0.25, 0.3) is 0 Å². The Morgan fingerprint density at radius 2 is 1.92 bits per heavy atom. The van der Waals surface area contributed by atoms with Gasteiger partial charge in [-0.3, -0.25) is 0 Å². The molecule has 2 nitrogen and oxygen atoms in total. The van der Waals surface area contributed by atoms with Crippen LogP contribution in [0.15, 0.2) is 0 Å². The van der Waals surface area contributed by atoms with Crippen molar-refractivity contribution >= 4 is 0 Å². The molecule has 0 saturated carbocycles. The Labute approximate surface area is 75.9 Å². The normalized spacial score (nSPS) is 16.5. The van der Waals surface area contributed by atoms with Gasteiger partial charge in [-0.2, -0.15) is 0 Å². The third-order valence-electron chi connectivity index (χ3n) is 2.02.